The van der Waals surface area contributed by atoms with E-state index in [9.17, 15) is 14.4 Å². The minimum absolute atomic E-state index is 0.0158. The number of hydrogen-bond acceptors (Lipinski definition) is 5. The van der Waals surface area contributed by atoms with Crippen molar-refractivity contribution in [2.24, 2.45) is 0 Å². The van der Waals surface area contributed by atoms with Crippen molar-refractivity contribution in [3.63, 3.8) is 0 Å². The molecular formula is C15H19N5O3. The normalized spacial score (nSPS) is 21.9. The fourth-order valence-electron chi connectivity index (χ4n) is 2.81. The first kappa shape index (κ1) is 15.4. The molecule has 23 heavy (non-hydrogen) atoms. The first-order valence-corrected chi connectivity index (χ1v) is 7.62. The van der Waals surface area contributed by atoms with E-state index < -0.39 is 18.0 Å². The Kier molecular flexibility index (Phi) is 4.52. The molecule has 1 atom stereocenters. The van der Waals surface area contributed by atoms with Gasteiger partial charge in [0.05, 0.1) is 6.42 Å². The number of carbonyl (C=O) groups is 3. The number of imide groups is 1. The highest BCUT2D eigenvalue weighted by Gasteiger charge is 2.33. The maximum Gasteiger partial charge on any atom is 0.322 e. The summed E-state index contributed by atoms with van der Waals surface area (Å²) in [5, 5.41) is 4.59. The van der Waals surface area contributed by atoms with Crippen LogP contribution in [0.1, 0.15) is 12.0 Å². The minimum atomic E-state index is -0.746. The van der Waals surface area contributed by atoms with Crippen LogP contribution >= 0.6 is 0 Å². The van der Waals surface area contributed by atoms with Crippen LogP contribution in [0, 0.1) is 0 Å². The van der Waals surface area contributed by atoms with Gasteiger partial charge < -0.3 is 10.2 Å². The summed E-state index contributed by atoms with van der Waals surface area (Å²) in [6, 6.07) is 2.69. The number of carbonyl (C=O) groups excluding carboxylic acids is 3. The molecule has 0 saturated carbocycles. The third kappa shape index (κ3) is 3.84. The Hall–Kier alpha value is -2.48. The largest absolute Gasteiger partial charge is 0.340 e. The van der Waals surface area contributed by atoms with Gasteiger partial charge in [0, 0.05) is 45.1 Å². The number of pyridine rings is 1. The van der Waals surface area contributed by atoms with E-state index >= 15 is 0 Å². The Bertz CT molecular complexity index is 598. The summed E-state index contributed by atoms with van der Waals surface area (Å²) in [5.41, 5.74) is 1.20. The molecule has 3 heterocycles. The van der Waals surface area contributed by atoms with Crippen molar-refractivity contribution in [1.29, 1.82) is 0 Å². The van der Waals surface area contributed by atoms with Crippen molar-refractivity contribution in [3.8, 4) is 0 Å². The molecule has 3 rings (SSSR count). The highest BCUT2D eigenvalue weighted by Crippen LogP contribution is 2.10. The number of hydrogen-bond donors (Lipinski definition) is 2. The van der Waals surface area contributed by atoms with Crippen LogP contribution in [0.15, 0.2) is 24.5 Å². The summed E-state index contributed by atoms with van der Waals surface area (Å²) in [5.74, 6) is -0.532. The molecule has 0 bridgehead atoms. The highest BCUT2D eigenvalue weighted by molar-refractivity contribution is 6.05. The van der Waals surface area contributed by atoms with Crippen molar-refractivity contribution in [2.75, 3.05) is 26.2 Å². The molecular weight excluding hydrogens is 298 g/mol. The van der Waals surface area contributed by atoms with E-state index in [1.165, 1.54) is 5.56 Å². The smallest absolute Gasteiger partial charge is 0.322 e. The summed E-state index contributed by atoms with van der Waals surface area (Å²) >= 11 is 0. The monoisotopic (exact) mass is 317 g/mol. The Balaban J connectivity index is 1.46. The van der Waals surface area contributed by atoms with Gasteiger partial charge in [-0.15, -0.1) is 0 Å². The SMILES string of the molecule is O=C1NC(=O)C(CC(=O)N2CCN(Cc3ccncc3)CC2)N1. The van der Waals surface area contributed by atoms with Gasteiger partial charge in [0.1, 0.15) is 6.04 Å². The van der Waals surface area contributed by atoms with Crippen molar-refractivity contribution in [1.82, 2.24) is 25.4 Å². The molecule has 1 aromatic heterocycles. The molecule has 2 saturated heterocycles. The summed E-state index contributed by atoms with van der Waals surface area (Å²) in [4.78, 5) is 42.8. The number of aromatic nitrogens is 1. The van der Waals surface area contributed by atoms with Gasteiger partial charge in [-0.3, -0.25) is 24.8 Å². The van der Waals surface area contributed by atoms with Gasteiger partial charge in [0.2, 0.25) is 5.91 Å². The van der Waals surface area contributed by atoms with Gasteiger partial charge in [0.25, 0.3) is 5.91 Å². The van der Waals surface area contributed by atoms with Gasteiger partial charge in [0.15, 0.2) is 0 Å². The number of nitrogens with one attached hydrogen (secondary N) is 2. The summed E-state index contributed by atoms with van der Waals surface area (Å²) in [7, 11) is 0. The van der Waals surface area contributed by atoms with Crippen LogP contribution in [0.5, 0.6) is 0 Å². The van der Waals surface area contributed by atoms with Gasteiger partial charge in [-0.05, 0) is 17.7 Å². The third-order valence-electron chi connectivity index (χ3n) is 4.12. The number of nitrogens with zero attached hydrogens (tertiary/aromatic N) is 3. The van der Waals surface area contributed by atoms with Crippen LogP contribution in [-0.4, -0.2) is 64.9 Å². The maximum absolute atomic E-state index is 12.2. The summed E-state index contributed by atoms with van der Waals surface area (Å²) in [6.45, 7) is 3.68. The number of urea groups is 1. The van der Waals surface area contributed by atoms with E-state index in [1.807, 2.05) is 12.1 Å². The molecule has 0 aliphatic carbocycles. The van der Waals surface area contributed by atoms with Crippen molar-refractivity contribution in [2.45, 2.75) is 19.0 Å². The molecule has 2 aliphatic heterocycles. The van der Waals surface area contributed by atoms with Crippen molar-refractivity contribution < 1.29 is 14.4 Å². The molecule has 0 aromatic carbocycles. The maximum atomic E-state index is 12.2. The van der Waals surface area contributed by atoms with E-state index in [-0.39, 0.29) is 12.3 Å². The average Bonchev–Trinajstić information content (AvgIpc) is 2.86. The lowest BCUT2D eigenvalue weighted by Gasteiger charge is -2.35. The third-order valence-corrected chi connectivity index (χ3v) is 4.12. The summed E-state index contributed by atoms with van der Waals surface area (Å²) < 4.78 is 0. The first-order chi connectivity index (χ1) is 11.1. The van der Waals surface area contributed by atoms with Gasteiger partial charge >= 0.3 is 6.03 Å². The zero-order chi connectivity index (χ0) is 16.2. The minimum Gasteiger partial charge on any atom is -0.340 e. The standard InChI is InChI=1S/C15H19N5O3/c21-13(9-12-14(22)18-15(23)17-12)20-7-5-19(6-8-20)10-11-1-3-16-4-2-11/h1-4,12H,5-10H2,(H2,17,18,22,23). The van der Waals surface area contributed by atoms with Crippen LogP contribution < -0.4 is 10.6 Å². The predicted molar refractivity (Wildman–Crippen MR) is 81.2 cm³/mol. The molecule has 8 nitrogen and oxygen atoms in total. The van der Waals surface area contributed by atoms with E-state index in [0.29, 0.717) is 13.1 Å². The molecule has 122 valence electrons. The van der Waals surface area contributed by atoms with Crippen molar-refractivity contribution >= 4 is 17.8 Å². The van der Waals surface area contributed by atoms with Gasteiger partial charge in [-0.1, -0.05) is 0 Å². The molecule has 4 amide bonds. The Morgan fingerprint density at radius 3 is 2.48 bits per heavy atom. The lowest BCUT2D eigenvalue weighted by atomic mass is 10.1. The first-order valence-electron chi connectivity index (χ1n) is 7.62. The topological polar surface area (TPSA) is 94.6 Å². The quantitative estimate of drug-likeness (QED) is 0.718. The highest BCUT2D eigenvalue weighted by atomic mass is 16.2. The summed E-state index contributed by atoms with van der Waals surface area (Å²) in [6.07, 6.45) is 3.56. The average molecular weight is 317 g/mol. The van der Waals surface area contributed by atoms with E-state index in [0.717, 1.165) is 19.6 Å². The second-order valence-corrected chi connectivity index (χ2v) is 5.73. The molecule has 0 radical (unpaired) electrons. The molecule has 2 N–H and O–H groups in total. The molecule has 2 aliphatic rings. The van der Waals surface area contributed by atoms with E-state index in [2.05, 4.69) is 20.5 Å². The van der Waals surface area contributed by atoms with Gasteiger partial charge in [-0.25, -0.2) is 4.79 Å². The zero-order valence-corrected chi connectivity index (χ0v) is 12.7. The Morgan fingerprint density at radius 2 is 1.87 bits per heavy atom. The fourth-order valence-corrected chi connectivity index (χ4v) is 2.81. The lowest BCUT2D eigenvalue weighted by Crippen LogP contribution is -2.49. The van der Waals surface area contributed by atoms with Crippen LogP contribution in [0.4, 0.5) is 4.79 Å². The molecule has 1 aromatic rings. The number of amides is 4. The molecule has 2 fully saturated rings. The number of rotatable bonds is 4. The van der Waals surface area contributed by atoms with Crippen LogP contribution in [0.3, 0.4) is 0 Å². The van der Waals surface area contributed by atoms with Crippen LogP contribution in [0.25, 0.3) is 0 Å². The molecule has 8 heteroatoms. The van der Waals surface area contributed by atoms with E-state index in [1.54, 1.807) is 17.3 Å². The Labute approximate surface area is 133 Å². The Morgan fingerprint density at radius 1 is 1.17 bits per heavy atom. The van der Waals surface area contributed by atoms with Gasteiger partial charge in [-0.2, -0.15) is 0 Å². The lowest BCUT2D eigenvalue weighted by molar-refractivity contribution is -0.135. The fraction of sp³-hybridized carbons (Fsp3) is 0.467. The second kappa shape index (κ2) is 6.74. The van der Waals surface area contributed by atoms with Crippen molar-refractivity contribution in [3.05, 3.63) is 30.1 Å². The van der Waals surface area contributed by atoms with Crippen LogP contribution in [0.2, 0.25) is 0 Å². The molecule has 0 spiro atoms. The van der Waals surface area contributed by atoms with Crippen LogP contribution in [-0.2, 0) is 16.1 Å². The van der Waals surface area contributed by atoms with E-state index in [4.69, 9.17) is 0 Å². The second-order valence-electron chi connectivity index (χ2n) is 5.73. The molecule has 1 unspecified atom stereocenters. The predicted octanol–water partition coefficient (Wildman–Crippen LogP) is -0.676. The number of piperazine rings is 1. The zero-order valence-electron chi connectivity index (χ0n) is 12.7.